The van der Waals surface area contributed by atoms with Gasteiger partial charge in [0.1, 0.15) is 6.17 Å². The molecule has 0 radical (unpaired) electrons. The van der Waals surface area contributed by atoms with Crippen LogP contribution in [0.2, 0.25) is 15.1 Å². The number of nitrogens with one attached hydrogen (secondary N) is 2. The number of oxime groups is 1. The van der Waals surface area contributed by atoms with E-state index in [4.69, 9.17) is 39.6 Å². The van der Waals surface area contributed by atoms with Gasteiger partial charge in [0.2, 0.25) is 5.91 Å². The summed E-state index contributed by atoms with van der Waals surface area (Å²) in [5.74, 6) is -2.39. The second-order valence-corrected chi connectivity index (χ2v) is 8.77. The van der Waals surface area contributed by atoms with Crippen LogP contribution in [0.15, 0.2) is 35.5 Å². The minimum absolute atomic E-state index is 0.0963. The number of hydrogen-bond acceptors (Lipinski definition) is 4. The van der Waals surface area contributed by atoms with Gasteiger partial charge >= 0.3 is 6.18 Å². The van der Waals surface area contributed by atoms with E-state index in [0.29, 0.717) is 0 Å². The van der Waals surface area contributed by atoms with Crippen molar-refractivity contribution in [1.82, 2.24) is 5.43 Å². The van der Waals surface area contributed by atoms with E-state index in [9.17, 15) is 26.7 Å². The Morgan fingerprint density at radius 1 is 1.12 bits per heavy atom. The van der Waals surface area contributed by atoms with Gasteiger partial charge in [0.05, 0.1) is 32.4 Å². The number of benzene rings is 2. The predicted octanol–water partition coefficient (Wildman–Crippen LogP) is 6.17. The summed E-state index contributed by atoms with van der Waals surface area (Å²) in [6.45, 7) is 0. The number of hydrogen-bond donors (Lipinski definition) is 2. The van der Waals surface area contributed by atoms with Crippen LogP contribution >= 0.6 is 34.8 Å². The van der Waals surface area contributed by atoms with E-state index in [2.05, 4.69) is 16.0 Å². The van der Waals surface area contributed by atoms with Crippen LogP contribution in [0.3, 0.4) is 0 Å². The van der Waals surface area contributed by atoms with Crippen LogP contribution in [0.4, 0.5) is 27.6 Å². The number of amides is 1. The van der Waals surface area contributed by atoms with Crippen LogP contribution in [0.5, 0.6) is 0 Å². The van der Waals surface area contributed by atoms with Crippen molar-refractivity contribution < 1.29 is 31.6 Å². The molecular weight excluding hydrogens is 516 g/mol. The third kappa shape index (κ3) is 4.43. The van der Waals surface area contributed by atoms with Crippen molar-refractivity contribution in [3.63, 3.8) is 0 Å². The number of nitrogens with zero attached hydrogens (tertiary/aromatic N) is 1. The van der Waals surface area contributed by atoms with Gasteiger partial charge in [-0.25, -0.2) is 8.78 Å². The molecule has 33 heavy (non-hydrogen) atoms. The molecule has 1 fully saturated rings. The third-order valence-corrected chi connectivity index (χ3v) is 6.19. The largest absolute Gasteiger partial charge is 0.435 e. The van der Waals surface area contributed by atoms with Crippen LogP contribution < -0.4 is 10.9 Å². The van der Waals surface area contributed by atoms with E-state index in [-0.39, 0.29) is 28.4 Å². The average molecular weight is 529 g/mol. The van der Waals surface area contributed by atoms with Gasteiger partial charge in [0.25, 0.3) is 5.60 Å². The maximum Gasteiger partial charge on any atom is 0.435 e. The first-order valence-corrected chi connectivity index (χ1v) is 10.5. The van der Waals surface area contributed by atoms with Gasteiger partial charge in [-0.05, 0) is 30.7 Å². The average Bonchev–Trinajstić information content (AvgIpc) is 3.29. The molecule has 2 N–H and O–H groups in total. The van der Waals surface area contributed by atoms with Crippen molar-refractivity contribution in [2.75, 3.05) is 5.43 Å². The SMILES string of the molecule is O=C(NNc1cc(C2=NO[C@@](c3cc(Cl)c(F)c(Cl)c3)(C(F)(F)F)C2)ccc1Cl)[C@H]1C[C@@H]1F. The zero-order valence-electron chi connectivity index (χ0n) is 16.2. The lowest BCUT2D eigenvalue weighted by Crippen LogP contribution is -2.42. The Balaban J connectivity index is 1.60. The summed E-state index contributed by atoms with van der Waals surface area (Å²) in [4.78, 5) is 16.7. The van der Waals surface area contributed by atoms with E-state index in [1.54, 1.807) is 0 Å². The second-order valence-electron chi connectivity index (χ2n) is 7.55. The Labute approximate surface area is 198 Å². The zero-order valence-corrected chi connectivity index (χ0v) is 18.5. The highest BCUT2D eigenvalue weighted by Crippen LogP contribution is 2.50. The lowest BCUT2D eigenvalue weighted by atomic mass is 9.86. The van der Waals surface area contributed by atoms with Gasteiger partial charge in [0.15, 0.2) is 5.82 Å². The van der Waals surface area contributed by atoms with Gasteiger partial charge in [-0.15, -0.1) is 0 Å². The van der Waals surface area contributed by atoms with Crippen molar-refractivity contribution >= 4 is 52.1 Å². The monoisotopic (exact) mass is 527 g/mol. The van der Waals surface area contributed by atoms with Gasteiger partial charge in [-0.2, -0.15) is 13.2 Å². The van der Waals surface area contributed by atoms with E-state index >= 15 is 0 Å². The number of hydrazine groups is 1. The molecule has 0 aromatic heterocycles. The summed E-state index contributed by atoms with van der Waals surface area (Å²) >= 11 is 17.5. The van der Waals surface area contributed by atoms with E-state index in [1.165, 1.54) is 18.2 Å². The van der Waals surface area contributed by atoms with Crippen molar-refractivity contribution in [1.29, 1.82) is 0 Å². The molecule has 13 heteroatoms. The summed E-state index contributed by atoms with van der Waals surface area (Å²) in [6, 6.07) is 5.71. The number of carbonyl (C=O) groups is 1. The fraction of sp³-hybridized carbons (Fsp3) is 0.300. The minimum Gasteiger partial charge on any atom is -0.374 e. The molecule has 3 atom stereocenters. The van der Waals surface area contributed by atoms with Crippen LogP contribution in [-0.4, -0.2) is 24.0 Å². The number of halogens is 8. The van der Waals surface area contributed by atoms with E-state index in [1.807, 2.05) is 0 Å². The lowest BCUT2D eigenvalue weighted by molar-refractivity contribution is -0.275. The molecule has 2 aromatic rings. The molecule has 0 unspecified atom stereocenters. The first-order valence-electron chi connectivity index (χ1n) is 9.39. The lowest BCUT2D eigenvalue weighted by Gasteiger charge is -2.29. The van der Waals surface area contributed by atoms with Crippen LogP contribution in [0, 0.1) is 11.7 Å². The molecule has 176 valence electrons. The summed E-state index contributed by atoms with van der Waals surface area (Å²) in [5.41, 5.74) is 1.62. The quantitative estimate of drug-likeness (QED) is 0.277. The number of carbonyl (C=O) groups excluding carboxylic acids is 1. The predicted molar refractivity (Wildman–Crippen MR) is 113 cm³/mol. The fourth-order valence-corrected chi connectivity index (χ4v) is 3.96. The Kier molecular flexibility index (Phi) is 6.13. The highest BCUT2D eigenvalue weighted by molar-refractivity contribution is 6.35. The first-order chi connectivity index (χ1) is 15.4. The number of anilines is 1. The molecule has 5 nitrogen and oxygen atoms in total. The molecule has 4 rings (SSSR count). The van der Waals surface area contributed by atoms with Crippen molar-refractivity contribution in [2.45, 2.75) is 30.8 Å². The van der Waals surface area contributed by atoms with E-state index < -0.39 is 57.6 Å². The van der Waals surface area contributed by atoms with Gasteiger partial charge < -0.3 is 4.84 Å². The second kappa shape index (κ2) is 8.48. The Morgan fingerprint density at radius 2 is 1.76 bits per heavy atom. The topological polar surface area (TPSA) is 62.7 Å². The highest BCUT2D eigenvalue weighted by atomic mass is 35.5. The zero-order chi connectivity index (χ0) is 24.1. The smallest absolute Gasteiger partial charge is 0.374 e. The maximum atomic E-state index is 14.1. The Bertz CT molecular complexity index is 1140. The van der Waals surface area contributed by atoms with Crippen LogP contribution in [0.1, 0.15) is 24.0 Å². The van der Waals surface area contributed by atoms with E-state index in [0.717, 1.165) is 12.1 Å². The van der Waals surface area contributed by atoms with Crippen molar-refractivity contribution in [3.8, 4) is 0 Å². The Hall–Kier alpha value is -2.30. The molecule has 0 spiro atoms. The van der Waals surface area contributed by atoms with Gasteiger partial charge in [-0.1, -0.05) is 46.0 Å². The van der Waals surface area contributed by atoms with Gasteiger partial charge in [0, 0.05) is 17.5 Å². The molecule has 1 aliphatic heterocycles. The third-order valence-electron chi connectivity index (χ3n) is 5.31. The molecule has 1 heterocycles. The van der Waals surface area contributed by atoms with Crippen LogP contribution in [0.25, 0.3) is 0 Å². The number of alkyl halides is 4. The van der Waals surface area contributed by atoms with Crippen molar-refractivity contribution in [2.24, 2.45) is 11.1 Å². The van der Waals surface area contributed by atoms with Crippen molar-refractivity contribution in [3.05, 3.63) is 62.3 Å². The molecule has 1 saturated carbocycles. The maximum absolute atomic E-state index is 14.1. The molecule has 2 aromatic carbocycles. The fourth-order valence-electron chi connectivity index (χ4n) is 3.30. The summed E-state index contributed by atoms with van der Waals surface area (Å²) in [6.07, 6.45) is -6.82. The minimum atomic E-state index is -4.96. The molecular formula is C20H13Cl3F5N3O2. The normalized spacial score (nSPS) is 24.2. The number of rotatable bonds is 5. The Morgan fingerprint density at radius 3 is 2.33 bits per heavy atom. The highest BCUT2D eigenvalue weighted by Gasteiger charge is 2.62. The van der Waals surface area contributed by atoms with Crippen LogP contribution in [-0.2, 0) is 15.2 Å². The summed E-state index contributed by atoms with van der Waals surface area (Å²) < 4.78 is 69.2. The molecule has 1 aliphatic carbocycles. The standard InChI is InChI=1S/C20H13Cl3F5N3O2/c21-11-2-1-8(3-15(11)29-30-18(32)10-6-14(10)24)16-7-19(33-31-16,20(26,27)28)9-4-12(22)17(25)13(23)5-9/h1-5,10,14,29H,6-7H2,(H,30,32)/t10-,14-,19-/m0/s1. The molecule has 2 aliphatic rings. The van der Waals surface area contributed by atoms with Gasteiger partial charge in [-0.3, -0.25) is 15.6 Å². The molecule has 0 bridgehead atoms. The summed E-state index contributed by atoms with van der Waals surface area (Å²) in [7, 11) is 0. The summed E-state index contributed by atoms with van der Waals surface area (Å²) in [5, 5.41) is 2.55. The molecule has 1 amide bonds. The molecule has 0 saturated heterocycles. The first kappa shape index (κ1) is 23.8.